The van der Waals surface area contributed by atoms with Crippen LogP contribution in [-0.2, 0) is 0 Å². The number of Topliss-reactive ketones (excluding diaryl/α,β-unsaturated/α-hetero) is 1. The number of hydrogen-bond donors (Lipinski definition) is 1. The van der Waals surface area contributed by atoms with E-state index in [-0.39, 0.29) is 11.3 Å². The van der Waals surface area contributed by atoms with Crippen molar-refractivity contribution in [2.24, 2.45) is 5.73 Å². The Kier molecular flexibility index (Phi) is 3.45. The summed E-state index contributed by atoms with van der Waals surface area (Å²) < 4.78 is 0. The fourth-order valence-corrected chi connectivity index (χ4v) is 1.98. The fourth-order valence-electron chi connectivity index (χ4n) is 1.14. The maximum atomic E-state index is 11.7. The number of nitrogens with two attached hydrogens (primary N) is 1. The smallest absolute Gasteiger partial charge is 0.172 e. The largest absolute Gasteiger partial charge is 0.326 e. The van der Waals surface area contributed by atoms with Crippen molar-refractivity contribution in [3.05, 3.63) is 21.9 Å². The van der Waals surface area contributed by atoms with Crippen LogP contribution in [0.15, 0.2) is 12.1 Å². The molecule has 0 aliphatic carbocycles. The van der Waals surface area contributed by atoms with Crippen LogP contribution in [0.2, 0.25) is 0 Å². The van der Waals surface area contributed by atoms with Gasteiger partial charge in [-0.05, 0) is 39.3 Å². The second kappa shape index (κ2) is 4.24. The van der Waals surface area contributed by atoms with Crippen LogP contribution >= 0.6 is 11.3 Å². The van der Waals surface area contributed by atoms with Crippen LogP contribution in [0.25, 0.3) is 0 Å². The fraction of sp³-hybridized carbons (Fsp3) is 0.545. The summed E-state index contributed by atoms with van der Waals surface area (Å²) in [6, 6.07) is 3.87. The molecule has 1 aromatic rings. The monoisotopic (exact) mass is 211 g/mol. The topological polar surface area (TPSA) is 43.1 Å². The Morgan fingerprint density at radius 1 is 1.50 bits per heavy atom. The van der Waals surface area contributed by atoms with Crippen LogP contribution in [-0.4, -0.2) is 11.3 Å². The lowest BCUT2D eigenvalue weighted by molar-refractivity contribution is 0.0976. The first-order chi connectivity index (χ1) is 6.38. The quantitative estimate of drug-likeness (QED) is 0.778. The van der Waals surface area contributed by atoms with E-state index < -0.39 is 0 Å². The van der Waals surface area contributed by atoms with Crippen LogP contribution in [0.1, 0.15) is 41.2 Å². The maximum absolute atomic E-state index is 11.7. The number of thiophene rings is 1. The average molecular weight is 211 g/mol. The first-order valence-corrected chi connectivity index (χ1v) is 5.59. The van der Waals surface area contributed by atoms with Gasteiger partial charge in [-0.15, -0.1) is 11.3 Å². The molecule has 0 saturated heterocycles. The number of ketones is 1. The van der Waals surface area contributed by atoms with E-state index in [0.29, 0.717) is 6.42 Å². The summed E-state index contributed by atoms with van der Waals surface area (Å²) in [5, 5.41) is 0. The van der Waals surface area contributed by atoms with Gasteiger partial charge in [-0.1, -0.05) is 0 Å². The van der Waals surface area contributed by atoms with Crippen molar-refractivity contribution >= 4 is 17.1 Å². The average Bonchev–Trinajstić information content (AvgIpc) is 2.46. The highest BCUT2D eigenvalue weighted by Crippen LogP contribution is 2.19. The molecule has 1 heterocycles. The van der Waals surface area contributed by atoms with Crippen molar-refractivity contribution < 1.29 is 4.79 Å². The molecular weight excluding hydrogens is 194 g/mol. The first-order valence-electron chi connectivity index (χ1n) is 4.77. The summed E-state index contributed by atoms with van der Waals surface area (Å²) in [7, 11) is 0. The van der Waals surface area contributed by atoms with E-state index in [0.717, 1.165) is 11.3 Å². The van der Waals surface area contributed by atoms with Crippen molar-refractivity contribution in [3.8, 4) is 0 Å². The van der Waals surface area contributed by atoms with E-state index in [1.165, 1.54) is 4.88 Å². The van der Waals surface area contributed by atoms with Gasteiger partial charge in [0.25, 0.3) is 0 Å². The second-order valence-electron chi connectivity index (χ2n) is 4.32. The van der Waals surface area contributed by atoms with Gasteiger partial charge in [0.2, 0.25) is 0 Å². The molecule has 0 amide bonds. The molecule has 0 saturated carbocycles. The maximum Gasteiger partial charge on any atom is 0.172 e. The predicted molar refractivity (Wildman–Crippen MR) is 60.9 cm³/mol. The van der Waals surface area contributed by atoms with Crippen LogP contribution < -0.4 is 5.73 Å². The minimum atomic E-state index is -0.248. The molecule has 1 rings (SSSR count). The van der Waals surface area contributed by atoms with Crippen molar-refractivity contribution in [2.75, 3.05) is 0 Å². The Bertz CT molecular complexity index is 322. The zero-order chi connectivity index (χ0) is 10.8. The molecule has 1 aromatic heterocycles. The lowest BCUT2D eigenvalue weighted by atomic mass is 9.98. The molecule has 3 heteroatoms. The molecule has 0 aliphatic heterocycles. The number of aryl methyl sites for hydroxylation is 1. The zero-order valence-electron chi connectivity index (χ0n) is 8.96. The highest BCUT2D eigenvalue weighted by atomic mass is 32.1. The normalized spacial score (nSPS) is 11.7. The Labute approximate surface area is 89.1 Å². The van der Waals surface area contributed by atoms with Gasteiger partial charge in [0, 0.05) is 16.8 Å². The van der Waals surface area contributed by atoms with E-state index in [4.69, 9.17) is 5.73 Å². The summed E-state index contributed by atoms with van der Waals surface area (Å²) >= 11 is 1.56. The lowest BCUT2D eigenvalue weighted by Gasteiger charge is -2.16. The number of carbonyl (C=O) groups is 1. The van der Waals surface area contributed by atoms with Crippen LogP contribution in [0.4, 0.5) is 0 Å². The third-order valence-electron chi connectivity index (χ3n) is 2.01. The van der Waals surface area contributed by atoms with Crippen molar-refractivity contribution in [3.63, 3.8) is 0 Å². The van der Waals surface area contributed by atoms with Crippen LogP contribution in [0, 0.1) is 6.92 Å². The van der Waals surface area contributed by atoms with Gasteiger partial charge in [-0.2, -0.15) is 0 Å². The van der Waals surface area contributed by atoms with Gasteiger partial charge in [0.1, 0.15) is 0 Å². The molecule has 0 radical (unpaired) electrons. The zero-order valence-corrected chi connectivity index (χ0v) is 9.78. The van der Waals surface area contributed by atoms with Gasteiger partial charge < -0.3 is 5.73 Å². The Morgan fingerprint density at radius 3 is 2.57 bits per heavy atom. The first kappa shape index (κ1) is 11.4. The molecule has 0 aromatic carbocycles. The molecule has 0 atom stereocenters. The van der Waals surface area contributed by atoms with E-state index in [9.17, 15) is 4.79 Å². The molecule has 2 nitrogen and oxygen atoms in total. The molecule has 78 valence electrons. The summed E-state index contributed by atoms with van der Waals surface area (Å²) in [5.74, 6) is 0.210. The van der Waals surface area contributed by atoms with E-state index in [1.54, 1.807) is 11.3 Å². The van der Waals surface area contributed by atoms with Gasteiger partial charge >= 0.3 is 0 Å². The SMILES string of the molecule is Cc1ccc(C(=O)CCC(C)(C)N)s1. The Hall–Kier alpha value is -0.670. The molecule has 0 unspecified atom stereocenters. The van der Waals surface area contributed by atoms with E-state index >= 15 is 0 Å². The number of rotatable bonds is 4. The minimum Gasteiger partial charge on any atom is -0.326 e. The highest BCUT2D eigenvalue weighted by Gasteiger charge is 2.15. The lowest BCUT2D eigenvalue weighted by Crippen LogP contribution is -2.32. The summed E-state index contributed by atoms with van der Waals surface area (Å²) in [5.41, 5.74) is 5.57. The highest BCUT2D eigenvalue weighted by molar-refractivity contribution is 7.14. The summed E-state index contributed by atoms with van der Waals surface area (Å²) in [4.78, 5) is 13.7. The van der Waals surface area contributed by atoms with Crippen molar-refractivity contribution in [1.82, 2.24) is 0 Å². The van der Waals surface area contributed by atoms with Crippen molar-refractivity contribution in [1.29, 1.82) is 0 Å². The molecule has 2 N–H and O–H groups in total. The van der Waals surface area contributed by atoms with Gasteiger partial charge in [0.15, 0.2) is 5.78 Å². The van der Waals surface area contributed by atoms with Gasteiger partial charge in [-0.25, -0.2) is 0 Å². The second-order valence-corrected chi connectivity index (χ2v) is 5.61. The van der Waals surface area contributed by atoms with Gasteiger partial charge in [-0.3, -0.25) is 4.79 Å². The van der Waals surface area contributed by atoms with Crippen molar-refractivity contribution in [2.45, 2.75) is 39.2 Å². The van der Waals surface area contributed by atoms with Gasteiger partial charge in [0.05, 0.1) is 4.88 Å². The molecular formula is C11H17NOS. The predicted octanol–water partition coefficient (Wildman–Crippen LogP) is 2.76. The molecule has 0 bridgehead atoms. The Balaban J connectivity index is 2.52. The molecule has 0 aliphatic rings. The van der Waals surface area contributed by atoms with Crippen LogP contribution in [0.3, 0.4) is 0 Å². The third-order valence-corrected chi connectivity index (χ3v) is 3.05. The Morgan fingerprint density at radius 2 is 2.14 bits per heavy atom. The minimum absolute atomic E-state index is 0.210. The van der Waals surface area contributed by atoms with E-state index in [1.807, 2.05) is 32.9 Å². The number of carbonyl (C=O) groups excluding carboxylic acids is 1. The summed E-state index contributed by atoms with van der Waals surface area (Å²) in [6.45, 7) is 5.90. The standard InChI is InChI=1S/C11H17NOS/c1-8-4-5-10(14-8)9(13)6-7-11(2,3)12/h4-5H,6-7,12H2,1-3H3. The summed E-state index contributed by atoms with van der Waals surface area (Å²) in [6.07, 6.45) is 1.28. The molecule has 0 spiro atoms. The van der Waals surface area contributed by atoms with Crippen LogP contribution in [0.5, 0.6) is 0 Å². The third kappa shape index (κ3) is 3.60. The molecule has 0 fully saturated rings. The van der Waals surface area contributed by atoms with E-state index in [2.05, 4.69) is 0 Å². The molecule has 14 heavy (non-hydrogen) atoms. The number of hydrogen-bond acceptors (Lipinski definition) is 3.